The van der Waals surface area contributed by atoms with Gasteiger partial charge in [0.2, 0.25) is 0 Å². The molecule has 1 aromatic carbocycles. The summed E-state index contributed by atoms with van der Waals surface area (Å²) in [6.45, 7) is 6.95. The van der Waals surface area contributed by atoms with Crippen molar-refractivity contribution in [3.63, 3.8) is 0 Å². The van der Waals surface area contributed by atoms with E-state index < -0.39 is 0 Å². The zero-order valence-corrected chi connectivity index (χ0v) is 21.2. The zero-order valence-electron chi connectivity index (χ0n) is 21.2. The predicted octanol–water partition coefficient (Wildman–Crippen LogP) is 9.37. The molecule has 0 saturated heterocycles. The molecule has 0 spiro atoms. The van der Waals surface area contributed by atoms with Crippen LogP contribution >= 0.6 is 0 Å². The van der Waals surface area contributed by atoms with Gasteiger partial charge in [-0.25, -0.2) is 9.97 Å². The minimum Gasteiger partial charge on any atom is -0.236 e. The van der Waals surface area contributed by atoms with Crippen LogP contribution in [0, 0.1) is 5.92 Å². The van der Waals surface area contributed by atoms with Crippen molar-refractivity contribution >= 4 is 0 Å². The van der Waals surface area contributed by atoms with Crippen molar-refractivity contribution < 1.29 is 0 Å². The van der Waals surface area contributed by atoms with Gasteiger partial charge < -0.3 is 0 Å². The summed E-state index contributed by atoms with van der Waals surface area (Å²) < 4.78 is 0. The van der Waals surface area contributed by atoms with E-state index in [9.17, 15) is 0 Å². The molecule has 0 amide bonds. The summed E-state index contributed by atoms with van der Waals surface area (Å²) in [7, 11) is 0. The Morgan fingerprint density at radius 3 is 1.75 bits per heavy atom. The highest BCUT2D eigenvalue weighted by Crippen LogP contribution is 2.18. The molecular formula is C30H48N2. The first-order chi connectivity index (χ1) is 15.7. The number of hydrogen-bond donors (Lipinski definition) is 0. The van der Waals surface area contributed by atoms with Crippen LogP contribution in [0.5, 0.6) is 0 Å². The maximum absolute atomic E-state index is 4.64. The third kappa shape index (κ3) is 11.2. The van der Waals surface area contributed by atoms with Crippen molar-refractivity contribution in [2.45, 2.75) is 124 Å². The molecule has 2 aromatic rings. The maximum atomic E-state index is 4.64. The lowest BCUT2D eigenvalue weighted by Gasteiger charge is -2.07. The standard InChI is InChI=1S/C30H48N2/c1-4-6-7-8-9-12-15-18-27-20-22-29(23-21-27)30-31-24-28(25-32-30)19-16-13-10-11-14-17-26(3)5-2/h20-26H,4-19H2,1-3H3. The molecule has 32 heavy (non-hydrogen) atoms. The highest BCUT2D eigenvalue weighted by atomic mass is 14.9. The van der Waals surface area contributed by atoms with Crippen LogP contribution in [-0.2, 0) is 12.8 Å². The predicted molar refractivity (Wildman–Crippen MR) is 140 cm³/mol. The lowest BCUT2D eigenvalue weighted by Crippen LogP contribution is -1.94. The second-order valence-electron chi connectivity index (χ2n) is 9.80. The monoisotopic (exact) mass is 436 g/mol. The van der Waals surface area contributed by atoms with E-state index in [1.54, 1.807) is 0 Å². The summed E-state index contributed by atoms with van der Waals surface area (Å²) in [5, 5.41) is 0. The van der Waals surface area contributed by atoms with E-state index in [2.05, 4.69) is 55.0 Å². The Balaban J connectivity index is 1.62. The van der Waals surface area contributed by atoms with Gasteiger partial charge in [-0.3, -0.25) is 0 Å². The van der Waals surface area contributed by atoms with Crippen molar-refractivity contribution in [3.8, 4) is 11.4 Å². The normalized spacial score (nSPS) is 12.2. The average molecular weight is 437 g/mol. The van der Waals surface area contributed by atoms with Gasteiger partial charge in [-0.15, -0.1) is 0 Å². The van der Waals surface area contributed by atoms with Gasteiger partial charge in [0.25, 0.3) is 0 Å². The molecule has 2 heteroatoms. The van der Waals surface area contributed by atoms with Crippen molar-refractivity contribution in [2.24, 2.45) is 5.92 Å². The molecule has 178 valence electrons. The van der Waals surface area contributed by atoms with E-state index >= 15 is 0 Å². The number of benzene rings is 1. The van der Waals surface area contributed by atoms with Crippen molar-refractivity contribution in [1.82, 2.24) is 9.97 Å². The molecule has 1 unspecified atom stereocenters. The number of unbranched alkanes of at least 4 members (excludes halogenated alkanes) is 10. The van der Waals surface area contributed by atoms with Crippen LogP contribution < -0.4 is 0 Å². The number of aryl methyl sites for hydroxylation is 2. The fraction of sp³-hybridized carbons (Fsp3) is 0.667. The third-order valence-corrected chi connectivity index (χ3v) is 6.85. The maximum Gasteiger partial charge on any atom is 0.159 e. The first-order valence-electron chi connectivity index (χ1n) is 13.6. The third-order valence-electron chi connectivity index (χ3n) is 6.85. The van der Waals surface area contributed by atoms with Gasteiger partial charge in [-0.1, -0.05) is 122 Å². The summed E-state index contributed by atoms with van der Waals surface area (Å²) in [5.41, 5.74) is 3.83. The van der Waals surface area contributed by atoms with E-state index in [1.165, 1.54) is 107 Å². The molecule has 2 nitrogen and oxygen atoms in total. The van der Waals surface area contributed by atoms with Gasteiger partial charge in [0.1, 0.15) is 0 Å². The molecule has 0 aliphatic rings. The highest BCUT2D eigenvalue weighted by molar-refractivity contribution is 5.55. The van der Waals surface area contributed by atoms with E-state index in [-0.39, 0.29) is 0 Å². The number of hydrogen-bond acceptors (Lipinski definition) is 2. The summed E-state index contributed by atoms with van der Waals surface area (Å²) in [5.74, 6) is 1.74. The lowest BCUT2D eigenvalue weighted by molar-refractivity contribution is 0.472. The quantitative estimate of drug-likeness (QED) is 0.217. The van der Waals surface area contributed by atoms with Crippen LogP contribution in [0.1, 0.15) is 122 Å². The molecular weight excluding hydrogens is 388 g/mol. The van der Waals surface area contributed by atoms with Gasteiger partial charge in [0.15, 0.2) is 5.82 Å². The fourth-order valence-electron chi connectivity index (χ4n) is 4.30. The van der Waals surface area contributed by atoms with Crippen LogP contribution in [0.25, 0.3) is 11.4 Å². The Labute approximate surface area is 198 Å². The highest BCUT2D eigenvalue weighted by Gasteiger charge is 2.03. The Hall–Kier alpha value is -1.70. The lowest BCUT2D eigenvalue weighted by atomic mass is 9.99. The van der Waals surface area contributed by atoms with Crippen LogP contribution in [0.2, 0.25) is 0 Å². The summed E-state index contributed by atoms with van der Waals surface area (Å²) in [6.07, 6.45) is 25.3. The van der Waals surface area contributed by atoms with Crippen LogP contribution in [0.15, 0.2) is 36.7 Å². The molecule has 0 N–H and O–H groups in total. The van der Waals surface area contributed by atoms with Crippen LogP contribution in [0.3, 0.4) is 0 Å². The molecule has 1 aromatic heterocycles. The first kappa shape index (κ1) is 26.6. The second kappa shape index (κ2) is 16.9. The van der Waals surface area contributed by atoms with Crippen LogP contribution in [-0.4, -0.2) is 9.97 Å². The largest absolute Gasteiger partial charge is 0.236 e. The molecule has 0 bridgehead atoms. The van der Waals surface area contributed by atoms with Crippen molar-refractivity contribution in [3.05, 3.63) is 47.8 Å². The molecule has 0 aliphatic heterocycles. The Kier molecular flexibility index (Phi) is 14.0. The minimum atomic E-state index is 0.848. The Morgan fingerprint density at radius 1 is 0.625 bits per heavy atom. The van der Waals surface area contributed by atoms with Gasteiger partial charge in [-0.2, -0.15) is 0 Å². The molecule has 0 radical (unpaired) electrons. The molecule has 0 saturated carbocycles. The average Bonchev–Trinajstić information content (AvgIpc) is 2.83. The molecule has 2 rings (SSSR count). The topological polar surface area (TPSA) is 25.8 Å². The second-order valence-corrected chi connectivity index (χ2v) is 9.80. The van der Waals surface area contributed by atoms with Gasteiger partial charge in [0.05, 0.1) is 0 Å². The zero-order chi connectivity index (χ0) is 22.9. The summed E-state index contributed by atoms with van der Waals surface area (Å²) in [4.78, 5) is 9.27. The van der Waals surface area contributed by atoms with Gasteiger partial charge in [-0.05, 0) is 42.7 Å². The van der Waals surface area contributed by atoms with Gasteiger partial charge >= 0.3 is 0 Å². The smallest absolute Gasteiger partial charge is 0.159 e. The van der Waals surface area contributed by atoms with Crippen molar-refractivity contribution in [1.29, 1.82) is 0 Å². The first-order valence-corrected chi connectivity index (χ1v) is 13.6. The number of rotatable bonds is 18. The number of nitrogens with zero attached hydrogens (tertiary/aromatic N) is 2. The molecule has 1 heterocycles. The molecule has 0 fully saturated rings. The Morgan fingerprint density at radius 2 is 1.16 bits per heavy atom. The minimum absolute atomic E-state index is 0.848. The Bertz CT molecular complexity index is 690. The fourth-order valence-corrected chi connectivity index (χ4v) is 4.30. The van der Waals surface area contributed by atoms with E-state index in [0.717, 1.165) is 23.7 Å². The summed E-state index contributed by atoms with van der Waals surface area (Å²) in [6, 6.07) is 8.88. The van der Waals surface area contributed by atoms with E-state index in [0.29, 0.717) is 0 Å². The molecule has 0 aliphatic carbocycles. The van der Waals surface area contributed by atoms with Gasteiger partial charge in [0, 0.05) is 18.0 Å². The summed E-state index contributed by atoms with van der Waals surface area (Å²) >= 11 is 0. The number of aromatic nitrogens is 2. The van der Waals surface area contributed by atoms with E-state index in [4.69, 9.17) is 0 Å². The van der Waals surface area contributed by atoms with E-state index in [1.807, 2.05) is 12.4 Å². The molecule has 1 atom stereocenters. The van der Waals surface area contributed by atoms with Crippen LogP contribution in [0.4, 0.5) is 0 Å². The SMILES string of the molecule is CCCCCCCCCc1ccc(-c2ncc(CCCCCCCC(C)CC)cn2)cc1. The van der Waals surface area contributed by atoms with Crippen molar-refractivity contribution in [2.75, 3.05) is 0 Å².